The molecule has 0 bridgehead atoms. The van der Waals surface area contributed by atoms with Gasteiger partial charge in [-0.1, -0.05) is 17.3 Å². The summed E-state index contributed by atoms with van der Waals surface area (Å²) in [6.07, 6.45) is 0.905. The van der Waals surface area contributed by atoms with Crippen LogP contribution in [-0.2, 0) is 4.79 Å². The largest absolute Gasteiger partial charge is 0.504 e. The molecule has 2 heterocycles. The number of phenols is 2. The molecule has 8 nitrogen and oxygen atoms in total. The van der Waals surface area contributed by atoms with Crippen molar-refractivity contribution in [3.63, 3.8) is 0 Å². The maximum atomic E-state index is 13.6. The lowest BCUT2D eigenvalue weighted by atomic mass is 9.72. The molecule has 0 saturated heterocycles. The first kappa shape index (κ1) is 21.9. The highest BCUT2D eigenvalue weighted by Gasteiger charge is 2.41. The van der Waals surface area contributed by atoms with Gasteiger partial charge in [-0.3, -0.25) is 4.79 Å². The second-order valence-corrected chi connectivity index (χ2v) is 8.58. The lowest BCUT2D eigenvalue weighted by Crippen LogP contribution is -2.29. The monoisotopic (exact) mass is 462 g/mol. The van der Waals surface area contributed by atoms with E-state index < -0.39 is 0 Å². The number of nitrogens with one attached hydrogen (secondary N) is 1. The molecule has 0 spiro atoms. The average Bonchev–Trinajstić information content (AvgIpc) is 3.19. The van der Waals surface area contributed by atoms with E-state index in [-0.39, 0.29) is 29.1 Å². The Labute approximate surface area is 196 Å². The summed E-state index contributed by atoms with van der Waals surface area (Å²) >= 11 is 0. The number of hydrogen-bond acceptors (Lipinski definition) is 8. The fourth-order valence-corrected chi connectivity index (χ4v) is 4.97. The number of carbonyl (C=O) groups is 1. The highest BCUT2D eigenvalue weighted by molar-refractivity contribution is 6.01. The highest BCUT2D eigenvalue weighted by Crippen LogP contribution is 2.50. The van der Waals surface area contributed by atoms with E-state index in [2.05, 4.69) is 10.5 Å². The van der Waals surface area contributed by atoms with Crippen molar-refractivity contribution in [3.8, 4) is 23.0 Å². The Hall–Kier alpha value is -3.94. The van der Waals surface area contributed by atoms with Crippen molar-refractivity contribution in [1.29, 1.82) is 0 Å². The number of anilines is 1. The fraction of sp³-hybridized carbons (Fsp3) is 0.308. The molecule has 0 saturated carbocycles. The zero-order valence-corrected chi connectivity index (χ0v) is 19.2. The summed E-state index contributed by atoms with van der Waals surface area (Å²) in [6, 6.07) is 10.4. The van der Waals surface area contributed by atoms with Crippen LogP contribution >= 0.6 is 0 Å². The molecule has 3 N–H and O–H groups in total. The van der Waals surface area contributed by atoms with Crippen molar-refractivity contribution in [3.05, 3.63) is 70.1 Å². The lowest BCUT2D eigenvalue weighted by Gasteiger charge is -2.34. The van der Waals surface area contributed by atoms with Crippen molar-refractivity contribution >= 4 is 11.7 Å². The van der Waals surface area contributed by atoms with E-state index in [1.807, 2.05) is 19.9 Å². The number of carbonyl (C=O) groups excluding carboxylic acids is 1. The number of aryl methyl sites for hydroxylation is 1. The number of phenolic OH excluding ortho intramolecular Hbond substituents is 2. The number of allylic oxidation sites excluding steroid dienone is 2. The maximum absolute atomic E-state index is 13.6. The summed E-state index contributed by atoms with van der Waals surface area (Å²) in [7, 11) is 1.50. The molecule has 2 atom stereocenters. The Balaban J connectivity index is 1.60. The number of ketones is 1. The van der Waals surface area contributed by atoms with Gasteiger partial charge in [-0.25, -0.2) is 0 Å². The number of methoxy groups -OCH3 is 1. The Morgan fingerprint density at radius 2 is 1.79 bits per heavy atom. The first-order chi connectivity index (χ1) is 16.4. The molecule has 1 aromatic heterocycles. The second kappa shape index (κ2) is 8.44. The molecule has 1 aliphatic heterocycles. The quantitative estimate of drug-likeness (QED) is 0.497. The van der Waals surface area contributed by atoms with Crippen molar-refractivity contribution in [1.82, 2.24) is 5.16 Å². The highest BCUT2D eigenvalue weighted by atomic mass is 16.5. The van der Waals surface area contributed by atoms with E-state index >= 15 is 0 Å². The summed E-state index contributed by atoms with van der Waals surface area (Å²) in [5.41, 5.74) is 4.70. The predicted molar refractivity (Wildman–Crippen MR) is 125 cm³/mol. The van der Waals surface area contributed by atoms with Crippen LogP contribution in [0.25, 0.3) is 0 Å². The van der Waals surface area contributed by atoms with Crippen LogP contribution in [0.4, 0.5) is 5.88 Å². The first-order valence-corrected chi connectivity index (χ1v) is 11.2. The molecule has 2 aliphatic rings. The van der Waals surface area contributed by atoms with Gasteiger partial charge in [0.05, 0.1) is 25.0 Å². The van der Waals surface area contributed by atoms with Crippen LogP contribution in [0, 0.1) is 6.92 Å². The van der Waals surface area contributed by atoms with E-state index in [4.69, 9.17) is 14.0 Å². The molecule has 176 valence electrons. The third-order valence-corrected chi connectivity index (χ3v) is 6.55. The standard InChI is InChI=1S/C26H26N2O6/c1-4-33-22-12-15(6-8-19(22)30)24-23-13(2)28-34-26(23)27-17-9-16(10-20(31)25(17)24)14-5-7-18(29)21(11-14)32-3/h5-8,11-12,16,24,27,29-30H,4,9-10H2,1-3H3/t16-,24+/m1/s1. The van der Waals surface area contributed by atoms with E-state index in [0.29, 0.717) is 48.1 Å². The average molecular weight is 463 g/mol. The summed E-state index contributed by atoms with van der Waals surface area (Å²) in [6.45, 7) is 4.11. The van der Waals surface area contributed by atoms with E-state index in [1.54, 1.807) is 30.3 Å². The molecule has 0 radical (unpaired) electrons. The Morgan fingerprint density at radius 3 is 2.53 bits per heavy atom. The molecule has 5 rings (SSSR count). The van der Waals surface area contributed by atoms with E-state index in [1.165, 1.54) is 7.11 Å². The maximum Gasteiger partial charge on any atom is 0.233 e. The topological polar surface area (TPSA) is 114 Å². The second-order valence-electron chi connectivity index (χ2n) is 8.58. The number of Topliss-reactive ketones (excluding diaryl/α,β-unsaturated/α-hetero) is 1. The van der Waals surface area contributed by atoms with Crippen molar-refractivity contribution < 1.29 is 29.0 Å². The molecule has 34 heavy (non-hydrogen) atoms. The van der Waals surface area contributed by atoms with Crippen LogP contribution in [0.2, 0.25) is 0 Å². The normalized spacial score (nSPS) is 19.3. The third kappa shape index (κ3) is 3.55. The van der Waals surface area contributed by atoms with Gasteiger partial charge < -0.3 is 29.5 Å². The lowest BCUT2D eigenvalue weighted by molar-refractivity contribution is -0.116. The van der Waals surface area contributed by atoms with Gasteiger partial charge in [0.15, 0.2) is 28.8 Å². The van der Waals surface area contributed by atoms with Crippen LogP contribution in [0.15, 0.2) is 52.2 Å². The molecule has 8 heteroatoms. The number of aromatic hydroxyl groups is 2. The van der Waals surface area contributed by atoms with E-state index in [9.17, 15) is 15.0 Å². The van der Waals surface area contributed by atoms with Crippen LogP contribution < -0.4 is 14.8 Å². The summed E-state index contributed by atoms with van der Waals surface area (Å²) in [5.74, 6) is 0.916. The molecular weight excluding hydrogens is 436 g/mol. The summed E-state index contributed by atoms with van der Waals surface area (Å²) < 4.78 is 16.4. The molecular formula is C26H26N2O6. The number of nitrogens with zero attached hydrogens (tertiary/aromatic N) is 1. The molecule has 2 aromatic carbocycles. The van der Waals surface area contributed by atoms with Crippen molar-refractivity contribution in [2.75, 3.05) is 19.0 Å². The number of benzene rings is 2. The fourth-order valence-electron chi connectivity index (χ4n) is 4.97. The van der Waals surface area contributed by atoms with Gasteiger partial charge in [-0.15, -0.1) is 0 Å². The number of hydrogen-bond donors (Lipinski definition) is 3. The number of fused-ring (bicyclic) bond motifs is 1. The SMILES string of the molecule is CCOc1cc([C@@H]2C3=C(C[C@@H](c4ccc(O)c(OC)c4)CC3=O)Nc3onc(C)c32)ccc1O. The molecule has 0 unspecified atom stereocenters. The van der Waals surface area contributed by atoms with Crippen LogP contribution in [0.3, 0.4) is 0 Å². The van der Waals surface area contributed by atoms with Gasteiger partial charge in [0.2, 0.25) is 5.88 Å². The zero-order chi connectivity index (χ0) is 24.0. The predicted octanol–water partition coefficient (Wildman–Crippen LogP) is 4.76. The Bertz CT molecular complexity index is 1310. The molecule has 1 aliphatic carbocycles. The van der Waals surface area contributed by atoms with Gasteiger partial charge in [-0.05, 0) is 61.6 Å². The zero-order valence-electron chi connectivity index (χ0n) is 19.2. The van der Waals surface area contributed by atoms with Crippen molar-refractivity contribution in [2.45, 2.75) is 38.5 Å². The van der Waals surface area contributed by atoms with E-state index in [0.717, 1.165) is 22.4 Å². The first-order valence-electron chi connectivity index (χ1n) is 11.2. The van der Waals surface area contributed by atoms with Gasteiger partial charge in [0, 0.05) is 23.6 Å². The van der Waals surface area contributed by atoms with Gasteiger partial charge in [-0.2, -0.15) is 0 Å². The number of ether oxygens (including phenoxy) is 2. The van der Waals surface area contributed by atoms with Crippen LogP contribution in [0.1, 0.15) is 54.0 Å². The molecule has 0 amide bonds. The summed E-state index contributed by atoms with van der Waals surface area (Å²) in [5, 5.41) is 27.6. The van der Waals surface area contributed by atoms with Gasteiger partial charge >= 0.3 is 0 Å². The minimum absolute atomic E-state index is 0.0214. The van der Waals surface area contributed by atoms with Crippen LogP contribution in [0.5, 0.6) is 23.0 Å². The van der Waals surface area contributed by atoms with Crippen LogP contribution in [-0.4, -0.2) is 34.9 Å². The van der Waals surface area contributed by atoms with Gasteiger partial charge in [0.1, 0.15) is 0 Å². The smallest absolute Gasteiger partial charge is 0.233 e. The minimum atomic E-state index is -0.389. The third-order valence-electron chi connectivity index (χ3n) is 6.55. The van der Waals surface area contributed by atoms with Gasteiger partial charge in [0.25, 0.3) is 0 Å². The Morgan fingerprint density at radius 1 is 1.09 bits per heavy atom. The molecule has 0 fully saturated rings. The number of aromatic nitrogens is 1. The molecule has 3 aromatic rings. The number of rotatable bonds is 5. The minimum Gasteiger partial charge on any atom is -0.504 e. The Kier molecular flexibility index (Phi) is 5.43. The summed E-state index contributed by atoms with van der Waals surface area (Å²) in [4.78, 5) is 13.6. The van der Waals surface area contributed by atoms with Crippen molar-refractivity contribution in [2.24, 2.45) is 0 Å².